The van der Waals surface area contributed by atoms with Crippen molar-refractivity contribution < 1.29 is 14.4 Å². The average molecular weight is 462 g/mol. The van der Waals surface area contributed by atoms with Crippen molar-refractivity contribution in [3.63, 3.8) is 0 Å². The lowest BCUT2D eigenvalue weighted by Gasteiger charge is -2.41. The predicted octanol–water partition coefficient (Wildman–Crippen LogP) is 4.17. The third kappa shape index (κ3) is 3.85. The Morgan fingerprint density at radius 2 is 1.67 bits per heavy atom. The van der Waals surface area contributed by atoms with Gasteiger partial charge >= 0.3 is 6.03 Å². The van der Waals surface area contributed by atoms with Crippen molar-refractivity contribution in [3.8, 4) is 0 Å². The fourth-order valence-electron chi connectivity index (χ4n) is 5.16. The topological polar surface area (TPSA) is 78.5 Å². The molecule has 2 fully saturated rings. The van der Waals surface area contributed by atoms with Crippen LogP contribution in [-0.4, -0.2) is 41.4 Å². The molecular weight excluding hydrogens is 438 g/mol. The number of halogens is 1. The second-order valence-electron chi connectivity index (χ2n) is 8.74. The van der Waals surface area contributed by atoms with Crippen molar-refractivity contribution in [1.82, 2.24) is 15.5 Å². The van der Waals surface area contributed by atoms with E-state index in [1.54, 1.807) is 6.07 Å². The van der Waals surface area contributed by atoms with E-state index in [-0.39, 0.29) is 17.7 Å². The third-order valence-corrected chi connectivity index (χ3v) is 7.26. The van der Waals surface area contributed by atoms with Crippen LogP contribution in [0.4, 0.5) is 4.79 Å². The van der Waals surface area contributed by atoms with E-state index in [0.717, 1.165) is 16.3 Å². The number of nitrogens with one attached hydrogen (secondary N) is 2. The van der Waals surface area contributed by atoms with Gasteiger partial charge in [0.15, 0.2) is 0 Å². The van der Waals surface area contributed by atoms with Crippen molar-refractivity contribution in [2.75, 3.05) is 13.1 Å². The van der Waals surface area contributed by atoms with E-state index >= 15 is 0 Å². The molecule has 0 saturated carbocycles. The summed E-state index contributed by atoms with van der Waals surface area (Å²) in [6.45, 7) is 1.03. The molecular formula is C26H24ClN3O3. The number of piperidine rings is 1. The Morgan fingerprint density at radius 1 is 0.970 bits per heavy atom. The predicted molar refractivity (Wildman–Crippen MR) is 127 cm³/mol. The van der Waals surface area contributed by atoms with Crippen molar-refractivity contribution in [1.29, 1.82) is 0 Å². The van der Waals surface area contributed by atoms with Crippen LogP contribution in [-0.2, 0) is 11.2 Å². The van der Waals surface area contributed by atoms with E-state index in [9.17, 15) is 14.4 Å². The van der Waals surface area contributed by atoms with Gasteiger partial charge in [0.05, 0.1) is 0 Å². The standard InChI is InChI=1S/C26H24ClN3O3/c27-22-11-4-2-7-18(22)16-26(24(32)28-25(33)29-26)19-12-14-30(15-13-19)23(31)21-10-5-8-17-6-1-3-9-20(17)21/h1-11,19H,12-16H2,(H2,28,29,32,33)/t26-/m0/s1. The van der Waals surface area contributed by atoms with E-state index in [1.807, 2.05) is 65.6 Å². The molecule has 5 rings (SSSR count). The highest BCUT2D eigenvalue weighted by atomic mass is 35.5. The summed E-state index contributed by atoms with van der Waals surface area (Å²) >= 11 is 6.37. The van der Waals surface area contributed by atoms with Crippen LogP contribution in [0.2, 0.25) is 5.02 Å². The lowest BCUT2D eigenvalue weighted by atomic mass is 9.74. The first-order valence-corrected chi connectivity index (χ1v) is 11.5. The summed E-state index contributed by atoms with van der Waals surface area (Å²) in [6.07, 6.45) is 1.52. The molecule has 4 amide bonds. The van der Waals surface area contributed by atoms with Crippen LogP contribution in [0.25, 0.3) is 10.8 Å². The number of benzene rings is 3. The third-order valence-electron chi connectivity index (χ3n) is 6.90. The number of hydrogen-bond donors (Lipinski definition) is 2. The number of fused-ring (bicyclic) bond motifs is 1. The number of carbonyl (C=O) groups excluding carboxylic acids is 3. The van der Waals surface area contributed by atoms with Gasteiger partial charge in [-0.2, -0.15) is 0 Å². The quantitative estimate of drug-likeness (QED) is 0.572. The highest BCUT2D eigenvalue weighted by Crippen LogP contribution is 2.36. The molecule has 6 nitrogen and oxygen atoms in total. The number of amides is 4. The molecule has 2 N–H and O–H groups in total. The molecule has 7 heteroatoms. The zero-order valence-corrected chi connectivity index (χ0v) is 18.8. The molecule has 1 atom stereocenters. The Kier molecular flexibility index (Phi) is 5.54. The lowest BCUT2D eigenvalue weighted by Crippen LogP contribution is -2.58. The zero-order chi connectivity index (χ0) is 23.0. The summed E-state index contributed by atoms with van der Waals surface area (Å²) in [5, 5.41) is 7.84. The van der Waals surface area contributed by atoms with Gasteiger partial charge in [-0.25, -0.2) is 4.79 Å². The summed E-state index contributed by atoms with van der Waals surface area (Å²) in [5.74, 6) is -0.451. The van der Waals surface area contributed by atoms with E-state index in [0.29, 0.717) is 42.9 Å². The molecule has 3 aromatic rings. The van der Waals surface area contributed by atoms with Crippen molar-refractivity contribution in [3.05, 3.63) is 82.9 Å². The van der Waals surface area contributed by atoms with E-state index in [2.05, 4.69) is 10.6 Å². The average Bonchev–Trinajstić information content (AvgIpc) is 3.13. The Bertz CT molecular complexity index is 1250. The minimum atomic E-state index is -1.07. The summed E-state index contributed by atoms with van der Waals surface area (Å²) in [5.41, 5.74) is 0.423. The van der Waals surface area contributed by atoms with Gasteiger partial charge in [-0.05, 0) is 47.2 Å². The number of nitrogens with zero attached hydrogens (tertiary/aromatic N) is 1. The number of hydrogen-bond acceptors (Lipinski definition) is 3. The molecule has 0 spiro atoms. The SMILES string of the molecule is O=C1NC(=O)[C@](Cc2ccccc2Cl)(C2CCN(C(=O)c3cccc4ccccc34)CC2)N1. The molecule has 2 saturated heterocycles. The molecule has 0 radical (unpaired) electrons. The van der Waals surface area contributed by atoms with Gasteiger partial charge in [0.2, 0.25) is 0 Å². The van der Waals surface area contributed by atoms with Crippen LogP contribution in [0.15, 0.2) is 66.7 Å². The van der Waals surface area contributed by atoms with Gasteiger partial charge in [0, 0.05) is 30.1 Å². The van der Waals surface area contributed by atoms with Crippen LogP contribution >= 0.6 is 11.6 Å². The van der Waals surface area contributed by atoms with Gasteiger partial charge in [0.25, 0.3) is 11.8 Å². The maximum Gasteiger partial charge on any atom is 0.322 e. The van der Waals surface area contributed by atoms with Gasteiger partial charge in [-0.15, -0.1) is 0 Å². The number of imide groups is 1. The first kappa shape index (κ1) is 21.5. The molecule has 0 aromatic heterocycles. The second kappa shape index (κ2) is 8.52. The number of urea groups is 1. The van der Waals surface area contributed by atoms with Crippen molar-refractivity contribution in [2.45, 2.75) is 24.8 Å². The molecule has 2 heterocycles. The fraction of sp³-hybridized carbons (Fsp3) is 0.269. The van der Waals surface area contributed by atoms with E-state index in [1.165, 1.54) is 0 Å². The maximum atomic E-state index is 13.3. The zero-order valence-electron chi connectivity index (χ0n) is 18.0. The highest BCUT2D eigenvalue weighted by Gasteiger charge is 2.52. The minimum absolute atomic E-state index is 0.00897. The number of likely N-dealkylation sites (tertiary alicyclic amines) is 1. The Balaban J connectivity index is 1.37. The Labute approximate surface area is 196 Å². The smallest absolute Gasteiger partial charge is 0.322 e. The van der Waals surface area contributed by atoms with Gasteiger partial charge in [-0.3, -0.25) is 14.9 Å². The first-order chi connectivity index (χ1) is 16.0. The summed E-state index contributed by atoms with van der Waals surface area (Å²) in [4.78, 5) is 40.3. The minimum Gasteiger partial charge on any atom is -0.339 e. The van der Waals surface area contributed by atoms with Gasteiger partial charge in [0.1, 0.15) is 5.54 Å². The molecule has 33 heavy (non-hydrogen) atoms. The molecule has 3 aromatic carbocycles. The Morgan fingerprint density at radius 3 is 2.39 bits per heavy atom. The van der Waals surface area contributed by atoms with Gasteiger partial charge < -0.3 is 10.2 Å². The van der Waals surface area contributed by atoms with E-state index in [4.69, 9.17) is 11.6 Å². The maximum absolute atomic E-state index is 13.3. The Hall–Kier alpha value is -3.38. The molecule has 2 aliphatic rings. The largest absolute Gasteiger partial charge is 0.339 e. The molecule has 0 bridgehead atoms. The molecule has 2 aliphatic heterocycles. The monoisotopic (exact) mass is 461 g/mol. The van der Waals surface area contributed by atoms with Crippen LogP contribution in [0, 0.1) is 5.92 Å². The summed E-state index contributed by atoms with van der Waals surface area (Å²) < 4.78 is 0. The molecule has 0 unspecified atom stereocenters. The van der Waals surface area contributed by atoms with Gasteiger partial charge in [-0.1, -0.05) is 66.2 Å². The van der Waals surface area contributed by atoms with Crippen LogP contribution in [0.1, 0.15) is 28.8 Å². The van der Waals surface area contributed by atoms with Crippen LogP contribution < -0.4 is 10.6 Å². The normalized spacial score (nSPS) is 21.2. The van der Waals surface area contributed by atoms with E-state index < -0.39 is 11.6 Å². The summed E-state index contributed by atoms with van der Waals surface area (Å²) in [7, 11) is 0. The van der Waals surface area contributed by atoms with Crippen LogP contribution in [0.3, 0.4) is 0 Å². The fourth-order valence-corrected chi connectivity index (χ4v) is 5.36. The first-order valence-electron chi connectivity index (χ1n) is 11.1. The number of rotatable bonds is 4. The highest BCUT2D eigenvalue weighted by molar-refractivity contribution is 6.31. The molecule has 0 aliphatic carbocycles. The van der Waals surface area contributed by atoms with Crippen molar-refractivity contribution in [2.24, 2.45) is 5.92 Å². The number of carbonyl (C=O) groups is 3. The summed E-state index contributed by atoms with van der Waals surface area (Å²) in [6, 6.07) is 20.5. The van der Waals surface area contributed by atoms with Crippen LogP contribution in [0.5, 0.6) is 0 Å². The van der Waals surface area contributed by atoms with Crippen molar-refractivity contribution >= 4 is 40.2 Å². The molecule has 168 valence electrons. The lowest BCUT2D eigenvalue weighted by molar-refractivity contribution is -0.126. The second-order valence-corrected chi connectivity index (χ2v) is 9.15.